The number of hydrogen-bond donors (Lipinski definition) is 1. The van der Waals surface area contributed by atoms with Crippen LogP contribution in [0.3, 0.4) is 0 Å². The molecule has 0 aliphatic carbocycles. The zero-order valence-electron chi connectivity index (χ0n) is 9.74. The summed E-state index contributed by atoms with van der Waals surface area (Å²) in [7, 11) is 0. The van der Waals surface area contributed by atoms with Gasteiger partial charge in [0.25, 0.3) is 0 Å². The highest BCUT2D eigenvalue weighted by Gasteiger charge is 2.23. The van der Waals surface area contributed by atoms with Crippen molar-refractivity contribution in [1.82, 2.24) is 14.9 Å². The van der Waals surface area contributed by atoms with E-state index < -0.39 is 0 Å². The van der Waals surface area contributed by atoms with Gasteiger partial charge in [-0.1, -0.05) is 6.92 Å². The van der Waals surface area contributed by atoms with Gasteiger partial charge in [-0.15, -0.1) is 0 Å². The maximum Gasteiger partial charge on any atom is 0.0948 e. The second-order valence-electron chi connectivity index (χ2n) is 4.48. The molecule has 0 amide bonds. The Morgan fingerprint density at radius 3 is 2.93 bits per heavy atom. The molecule has 3 nitrogen and oxygen atoms in total. The van der Waals surface area contributed by atoms with E-state index in [9.17, 15) is 0 Å². The van der Waals surface area contributed by atoms with Crippen molar-refractivity contribution in [3.05, 3.63) is 18.2 Å². The summed E-state index contributed by atoms with van der Waals surface area (Å²) >= 11 is 0. The first kappa shape index (κ1) is 10.7. The highest BCUT2D eigenvalue weighted by molar-refractivity contribution is 5.07. The molecule has 1 unspecified atom stereocenters. The fourth-order valence-corrected chi connectivity index (χ4v) is 2.56. The molecule has 1 aliphatic rings. The van der Waals surface area contributed by atoms with Crippen LogP contribution in [0, 0.1) is 5.92 Å². The van der Waals surface area contributed by atoms with E-state index in [0.29, 0.717) is 5.92 Å². The number of piperidine rings is 1. The fraction of sp³-hybridized carbons (Fsp3) is 0.750. The van der Waals surface area contributed by atoms with Gasteiger partial charge in [-0.3, -0.25) is 0 Å². The van der Waals surface area contributed by atoms with Crippen LogP contribution in [0.25, 0.3) is 0 Å². The molecule has 2 rings (SSSR count). The second kappa shape index (κ2) is 4.79. The van der Waals surface area contributed by atoms with Crippen LogP contribution in [0.4, 0.5) is 0 Å². The van der Waals surface area contributed by atoms with Crippen LogP contribution in [0.1, 0.15) is 38.3 Å². The summed E-state index contributed by atoms with van der Waals surface area (Å²) in [5.41, 5.74) is 1.41. The fourth-order valence-electron chi connectivity index (χ4n) is 2.56. The minimum absolute atomic E-state index is 0.648. The van der Waals surface area contributed by atoms with Crippen molar-refractivity contribution in [2.24, 2.45) is 5.92 Å². The van der Waals surface area contributed by atoms with Crippen molar-refractivity contribution < 1.29 is 0 Å². The van der Waals surface area contributed by atoms with Gasteiger partial charge >= 0.3 is 0 Å². The Morgan fingerprint density at radius 1 is 1.53 bits per heavy atom. The van der Waals surface area contributed by atoms with Gasteiger partial charge < -0.3 is 9.88 Å². The molecule has 1 saturated heterocycles. The van der Waals surface area contributed by atoms with Crippen LogP contribution in [-0.2, 0) is 6.54 Å². The lowest BCUT2D eigenvalue weighted by atomic mass is 9.84. The van der Waals surface area contributed by atoms with Gasteiger partial charge in [-0.2, -0.15) is 0 Å². The first-order valence-corrected chi connectivity index (χ1v) is 6.03. The lowest BCUT2D eigenvalue weighted by Gasteiger charge is -2.28. The third kappa shape index (κ3) is 2.23. The van der Waals surface area contributed by atoms with Gasteiger partial charge in [0.05, 0.1) is 6.33 Å². The van der Waals surface area contributed by atoms with Crippen molar-refractivity contribution >= 4 is 0 Å². The largest absolute Gasteiger partial charge is 0.335 e. The molecule has 0 radical (unpaired) electrons. The van der Waals surface area contributed by atoms with Crippen molar-refractivity contribution in [2.75, 3.05) is 13.1 Å². The summed E-state index contributed by atoms with van der Waals surface area (Å²) in [6.07, 6.45) is 6.59. The quantitative estimate of drug-likeness (QED) is 0.821. The summed E-state index contributed by atoms with van der Waals surface area (Å²) in [5, 5.41) is 3.42. The van der Waals surface area contributed by atoms with Crippen molar-refractivity contribution in [1.29, 1.82) is 0 Å². The zero-order valence-corrected chi connectivity index (χ0v) is 9.74. The molecule has 0 saturated carbocycles. The minimum atomic E-state index is 0.648. The number of nitrogens with zero attached hydrogens (tertiary/aromatic N) is 2. The van der Waals surface area contributed by atoms with E-state index in [0.717, 1.165) is 12.5 Å². The van der Waals surface area contributed by atoms with Crippen LogP contribution in [0.2, 0.25) is 0 Å². The van der Waals surface area contributed by atoms with Crippen molar-refractivity contribution in [3.63, 3.8) is 0 Å². The zero-order chi connectivity index (χ0) is 10.7. The molecule has 0 bridgehead atoms. The normalized spacial score (nSPS) is 20.4. The van der Waals surface area contributed by atoms with Crippen molar-refractivity contribution in [3.8, 4) is 0 Å². The molecular weight excluding hydrogens is 186 g/mol. The van der Waals surface area contributed by atoms with Gasteiger partial charge in [0.2, 0.25) is 0 Å². The average Bonchev–Trinajstić information content (AvgIpc) is 2.77. The molecule has 1 atom stereocenters. The van der Waals surface area contributed by atoms with E-state index in [2.05, 4.69) is 28.7 Å². The van der Waals surface area contributed by atoms with E-state index in [4.69, 9.17) is 0 Å². The first-order chi connectivity index (χ1) is 7.33. The maximum absolute atomic E-state index is 4.26. The summed E-state index contributed by atoms with van der Waals surface area (Å²) in [5.74, 6) is 1.47. The molecule has 0 spiro atoms. The topological polar surface area (TPSA) is 29.9 Å². The molecular formula is C12H21N3. The standard InChI is InChI=1S/C12H21N3/c1-3-15-9-14-8-12(15)10(2)11-4-6-13-7-5-11/h8-11,13H,3-7H2,1-2H3. The average molecular weight is 207 g/mol. The van der Waals surface area contributed by atoms with Crippen LogP contribution in [-0.4, -0.2) is 22.6 Å². The molecule has 84 valence electrons. The van der Waals surface area contributed by atoms with E-state index in [-0.39, 0.29) is 0 Å². The highest BCUT2D eigenvalue weighted by Crippen LogP contribution is 2.30. The summed E-state index contributed by atoms with van der Waals surface area (Å²) < 4.78 is 2.27. The molecule has 2 heterocycles. The van der Waals surface area contributed by atoms with E-state index in [1.807, 2.05) is 12.5 Å². The second-order valence-corrected chi connectivity index (χ2v) is 4.48. The lowest BCUT2D eigenvalue weighted by molar-refractivity contribution is 0.322. The highest BCUT2D eigenvalue weighted by atomic mass is 15.0. The van der Waals surface area contributed by atoms with Gasteiger partial charge in [0.1, 0.15) is 0 Å². The van der Waals surface area contributed by atoms with Gasteiger partial charge in [0.15, 0.2) is 0 Å². The Hall–Kier alpha value is -0.830. The molecule has 1 aromatic rings. The number of aryl methyl sites for hydroxylation is 1. The van der Waals surface area contributed by atoms with Gasteiger partial charge in [-0.05, 0) is 38.8 Å². The van der Waals surface area contributed by atoms with Crippen LogP contribution in [0.15, 0.2) is 12.5 Å². The summed E-state index contributed by atoms with van der Waals surface area (Å²) in [6.45, 7) is 7.91. The predicted molar refractivity (Wildman–Crippen MR) is 61.9 cm³/mol. The monoisotopic (exact) mass is 207 g/mol. The van der Waals surface area contributed by atoms with Gasteiger partial charge in [-0.25, -0.2) is 4.98 Å². The number of nitrogens with one attached hydrogen (secondary N) is 1. The SMILES string of the molecule is CCn1cncc1C(C)C1CCNCC1. The Bertz CT molecular complexity index is 300. The van der Waals surface area contributed by atoms with E-state index in [1.54, 1.807) is 0 Å². The maximum atomic E-state index is 4.26. The Balaban J connectivity index is 2.08. The van der Waals surface area contributed by atoms with E-state index in [1.165, 1.54) is 31.6 Å². The van der Waals surface area contributed by atoms with Crippen LogP contribution >= 0.6 is 0 Å². The molecule has 1 N–H and O–H groups in total. The molecule has 1 aromatic heterocycles. The minimum Gasteiger partial charge on any atom is -0.335 e. The van der Waals surface area contributed by atoms with Crippen LogP contribution in [0.5, 0.6) is 0 Å². The summed E-state index contributed by atoms with van der Waals surface area (Å²) in [6, 6.07) is 0. The molecule has 3 heteroatoms. The van der Waals surface area contributed by atoms with Crippen molar-refractivity contribution in [2.45, 2.75) is 39.2 Å². The van der Waals surface area contributed by atoms with Gasteiger partial charge in [0, 0.05) is 24.4 Å². The lowest BCUT2D eigenvalue weighted by Crippen LogP contribution is -2.30. The molecule has 0 aromatic carbocycles. The number of imidazole rings is 1. The first-order valence-electron chi connectivity index (χ1n) is 6.03. The third-order valence-electron chi connectivity index (χ3n) is 3.64. The third-order valence-corrected chi connectivity index (χ3v) is 3.64. The Labute approximate surface area is 91.9 Å². The van der Waals surface area contributed by atoms with E-state index >= 15 is 0 Å². The molecule has 1 fully saturated rings. The summed E-state index contributed by atoms with van der Waals surface area (Å²) in [4.78, 5) is 4.26. The Kier molecular flexibility index (Phi) is 3.41. The number of rotatable bonds is 3. The molecule has 15 heavy (non-hydrogen) atoms. The smallest absolute Gasteiger partial charge is 0.0948 e. The number of hydrogen-bond acceptors (Lipinski definition) is 2. The number of aromatic nitrogens is 2. The van der Waals surface area contributed by atoms with Crippen LogP contribution < -0.4 is 5.32 Å². The molecule has 1 aliphatic heterocycles. The Morgan fingerprint density at radius 2 is 2.27 bits per heavy atom. The predicted octanol–water partition coefficient (Wildman–Crippen LogP) is 2.01.